The zero-order chi connectivity index (χ0) is 16.0. The Morgan fingerprint density at radius 3 is 2.67 bits per heavy atom. The van der Waals surface area contributed by atoms with Crippen molar-refractivity contribution in [2.45, 2.75) is 45.8 Å². The molecule has 2 unspecified atom stereocenters. The Morgan fingerprint density at radius 1 is 1.38 bits per heavy atom. The van der Waals surface area contributed by atoms with Crippen LogP contribution in [0.4, 0.5) is 10.1 Å². The Hall–Kier alpha value is -2.11. The largest absolute Gasteiger partial charge is 0.449 e. The number of rotatable bonds is 6. The Morgan fingerprint density at radius 2 is 2.05 bits per heavy atom. The second kappa shape index (κ2) is 7.61. The molecular weight excluding hydrogens is 275 g/mol. The first-order valence-corrected chi connectivity index (χ1v) is 6.91. The fourth-order valence-electron chi connectivity index (χ4n) is 1.84. The van der Waals surface area contributed by atoms with Crippen LogP contribution in [0.15, 0.2) is 18.2 Å². The fraction of sp³-hybridized carbons (Fsp3) is 0.467. The molecule has 0 fully saturated rings. The summed E-state index contributed by atoms with van der Waals surface area (Å²) in [6, 6.07) is 3.60. The van der Waals surface area contributed by atoms with E-state index < -0.39 is 23.8 Å². The van der Waals surface area contributed by atoms with Gasteiger partial charge in [-0.3, -0.25) is 4.79 Å². The topological polar surface area (TPSA) is 81.4 Å². The first-order chi connectivity index (χ1) is 9.85. The molecular formula is C15H21FN2O3. The summed E-state index contributed by atoms with van der Waals surface area (Å²) in [5.74, 6) is -2.06. The van der Waals surface area contributed by atoms with Crippen LogP contribution in [0, 0.1) is 5.82 Å². The van der Waals surface area contributed by atoms with E-state index in [2.05, 4.69) is 5.32 Å². The molecule has 1 aromatic carbocycles. The summed E-state index contributed by atoms with van der Waals surface area (Å²) in [5, 5.41) is 2.73. The van der Waals surface area contributed by atoms with Crippen LogP contribution in [0.25, 0.3) is 0 Å². The van der Waals surface area contributed by atoms with Crippen LogP contribution in [0.5, 0.6) is 0 Å². The minimum absolute atomic E-state index is 0.00671. The smallest absolute Gasteiger partial charge is 0.341 e. The van der Waals surface area contributed by atoms with E-state index in [9.17, 15) is 14.0 Å². The number of nitrogens with two attached hydrogens (primary N) is 1. The molecule has 2 atom stereocenters. The van der Waals surface area contributed by atoms with Crippen LogP contribution >= 0.6 is 0 Å². The summed E-state index contributed by atoms with van der Waals surface area (Å²) in [4.78, 5) is 23.7. The first-order valence-electron chi connectivity index (χ1n) is 6.91. The lowest BCUT2D eigenvalue weighted by molar-refractivity contribution is -0.129. The molecule has 0 spiro atoms. The normalized spacial score (nSPS) is 13.3. The van der Waals surface area contributed by atoms with Gasteiger partial charge < -0.3 is 15.8 Å². The quantitative estimate of drug-likeness (QED) is 0.623. The van der Waals surface area contributed by atoms with Crippen molar-refractivity contribution >= 4 is 17.6 Å². The molecule has 1 aromatic rings. The van der Waals surface area contributed by atoms with Crippen LogP contribution in [0.3, 0.4) is 0 Å². The molecule has 0 heterocycles. The second-order valence-corrected chi connectivity index (χ2v) is 4.99. The van der Waals surface area contributed by atoms with Crippen molar-refractivity contribution in [3.05, 3.63) is 29.6 Å². The Bertz CT molecular complexity index is 520. The predicted octanol–water partition coefficient (Wildman–Crippen LogP) is 2.26. The van der Waals surface area contributed by atoms with Crippen LogP contribution < -0.4 is 11.1 Å². The minimum Gasteiger partial charge on any atom is -0.449 e. The predicted molar refractivity (Wildman–Crippen MR) is 78.2 cm³/mol. The molecule has 0 saturated carbocycles. The van der Waals surface area contributed by atoms with Gasteiger partial charge in [-0.2, -0.15) is 0 Å². The number of halogens is 1. The van der Waals surface area contributed by atoms with Gasteiger partial charge in [0.25, 0.3) is 5.91 Å². The number of carbonyl (C=O) groups is 2. The van der Waals surface area contributed by atoms with Gasteiger partial charge in [-0.1, -0.05) is 13.3 Å². The zero-order valence-corrected chi connectivity index (χ0v) is 12.5. The molecule has 5 nitrogen and oxygen atoms in total. The van der Waals surface area contributed by atoms with Crippen molar-refractivity contribution in [1.29, 1.82) is 0 Å². The number of hydrogen-bond donors (Lipinski definition) is 2. The highest BCUT2D eigenvalue weighted by Crippen LogP contribution is 2.14. The maximum Gasteiger partial charge on any atom is 0.341 e. The number of carbonyl (C=O) groups excluding carboxylic acids is 2. The van der Waals surface area contributed by atoms with Gasteiger partial charge in [0.2, 0.25) is 0 Å². The molecule has 1 amide bonds. The third-order valence-electron chi connectivity index (χ3n) is 2.97. The molecule has 0 saturated heterocycles. The van der Waals surface area contributed by atoms with Gasteiger partial charge in [0, 0.05) is 11.7 Å². The first kappa shape index (κ1) is 16.9. The Balaban J connectivity index is 2.65. The number of nitrogens with one attached hydrogen (secondary N) is 1. The molecule has 1 rings (SSSR count). The number of nitrogen functional groups attached to an aromatic ring is 1. The van der Waals surface area contributed by atoms with E-state index in [1.165, 1.54) is 19.1 Å². The molecule has 0 aliphatic rings. The lowest BCUT2D eigenvalue weighted by Crippen LogP contribution is -2.40. The maximum atomic E-state index is 13.5. The number of esters is 1. The molecule has 0 aliphatic heterocycles. The summed E-state index contributed by atoms with van der Waals surface area (Å²) in [7, 11) is 0. The summed E-state index contributed by atoms with van der Waals surface area (Å²) in [6.07, 6.45) is 0.762. The fourth-order valence-corrected chi connectivity index (χ4v) is 1.84. The third-order valence-corrected chi connectivity index (χ3v) is 2.97. The van der Waals surface area contributed by atoms with E-state index >= 15 is 0 Å². The summed E-state index contributed by atoms with van der Waals surface area (Å²) in [5.41, 5.74) is 5.47. The number of ether oxygens (including phenoxy) is 1. The molecule has 0 bridgehead atoms. The number of hydrogen-bond acceptors (Lipinski definition) is 4. The van der Waals surface area contributed by atoms with Crippen molar-refractivity contribution in [3.8, 4) is 0 Å². The van der Waals surface area contributed by atoms with E-state index in [1.54, 1.807) is 0 Å². The molecule has 0 radical (unpaired) electrons. The van der Waals surface area contributed by atoms with Crippen molar-refractivity contribution in [3.63, 3.8) is 0 Å². The Kier molecular flexibility index (Phi) is 6.14. The van der Waals surface area contributed by atoms with Crippen molar-refractivity contribution in [2.75, 3.05) is 5.73 Å². The SMILES string of the molecule is CCCC(C)NC(=O)C(C)OC(=O)c1cc(N)ccc1F. The molecule has 3 N–H and O–H groups in total. The van der Waals surface area contributed by atoms with Crippen LogP contribution in [0.2, 0.25) is 0 Å². The maximum absolute atomic E-state index is 13.5. The van der Waals surface area contributed by atoms with E-state index in [1.807, 2.05) is 13.8 Å². The van der Waals surface area contributed by atoms with E-state index in [4.69, 9.17) is 10.5 Å². The van der Waals surface area contributed by atoms with Gasteiger partial charge in [0.15, 0.2) is 6.10 Å². The van der Waals surface area contributed by atoms with Crippen molar-refractivity contribution in [2.24, 2.45) is 0 Å². The highest BCUT2D eigenvalue weighted by atomic mass is 19.1. The van der Waals surface area contributed by atoms with E-state index in [-0.39, 0.29) is 17.3 Å². The highest BCUT2D eigenvalue weighted by Gasteiger charge is 2.22. The van der Waals surface area contributed by atoms with E-state index in [0.29, 0.717) is 0 Å². The minimum atomic E-state index is -1.00. The summed E-state index contributed by atoms with van der Waals surface area (Å²) < 4.78 is 18.5. The van der Waals surface area contributed by atoms with E-state index in [0.717, 1.165) is 18.9 Å². The van der Waals surface area contributed by atoms with Crippen LogP contribution in [0.1, 0.15) is 44.0 Å². The molecule has 116 valence electrons. The lowest BCUT2D eigenvalue weighted by atomic mass is 10.2. The van der Waals surface area contributed by atoms with Gasteiger partial charge in [0.05, 0.1) is 5.56 Å². The lowest BCUT2D eigenvalue weighted by Gasteiger charge is -2.17. The monoisotopic (exact) mass is 296 g/mol. The highest BCUT2D eigenvalue weighted by molar-refractivity contribution is 5.93. The average Bonchev–Trinajstić information content (AvgIpc) is 2.41. The zero-order valence-electron chi connectivity index (χ0n) is 12.5. The van der Waals surface area contributed by atoms with Gasteiger partial charge in [-0.05, 0) is 38.5 Å². The van der Waals surface area contributed by atoms with Gasteiger partial charge >= 0.3 is 5.97 Å². The average molecular weight is 296 g/mol. The summed E-state index contributed by atoms with van der Waals surface area (Å²) in [6.45, 7) is 5.32. The van der Waals surface area contributed by atoms with Gasteiger partial charge in [-0.15, -0.1) is 0 Å². The molecule has 21 heavy (non-hydrogen) atoms. The van der Waals surface area contributed by atoms with Crippen LogP contribution in [-0.2, 0) is 9.53 Å². The van der Waals surface area contributed by atoms with Crippen LogP contribution in [-0.4, -0.2) is 24.0 Å². The number of anilines is 1. The van der Waals surface area contributed by atoms with Crippen molar-refractivity contribution in [1.82, 2.24) is 5.32 Å². The third kappa shape index (κ3) is 5.06. The molecule has 0 aliphatic carbocycles. The Labute approximate surface area is 123 Å². The number of amides is 1. The molecule has 6 heteroatoms. The standard InChI is InChI=1S/C15H21FN2O3/c1-4-5-9(2)18-14(19)10(3)21-15(20)12-8-11(17)6-7-13(12)16/h6-10H,4-5,17H2,1-3H3,(H,18,19). The molecule has 0 aromatic heterocycles. The van der Waals surface area contributed by atoms with Crippen molar-refractivity contribution < 1.29 is 18.7 Å². The second-order valence-electron chi connectivity index (χ2n) is 4.99. The summed E-state index contributed by atoms with van der Waals surface area (Å²) >= 11 is 0. The number of benzene rings is 1. The van der Waals surface area contributed by atoms with Gasteiger partial charge in [-0.25, -0.2) is 9.18 Å². The van der Waals surface area contributed by atoms with Gasteiger partial charge in [0.1, 0.15) is 5.82 Å².